The Morgan fingerprint density at radius 1 is 1.29 bits per heavy atom. The van der Waals surface area contributed by atoms with Gasteiger partial charge in [-0.1, -0.05) is 12.5 Å². The van der Waals surface area contributed by atoms with Crippen molar-refractivity contribution in [1.29, 1.82) is 0 Å². The number of hydrogen-bond donors (Lipinski definition) is 2. The van der Waals surface area contributed by atoms with Crippen LogP contribution in [0, 0.1) is 18.8 Å². The summed E-state index contributed by atoms with van der Waals surface area (Å²) in [6, 6.07) is 4.09. The summed E-state index contributed by atoms with van der Waals surface area (Å²) in [7, 11) is 0. The molecule has 3 rings (SSSR count). The van der Waals surface area contributed by atoms with Crippen molar-refractivity contribution in [2.24, 2.45) is 11.8 Å². The highest BCUT2D eigenvalue weighted by atomic mass is 16.4. The Hall–Kier alpha value is -2.04. The van der Waals surface area contributed by atoms with Crippen molar-refractivity contribution in [3.63, 3.8) is 0 Å². The summed E-state index contributed by atoms with van der Waals surface area (Å²) in [5.74, 6) is -1.07. The molecule has 1 aliphatic heterocycles. The molecule has 0 spiro atoms. The van der Waals surface area contributed by atoms with Crippen molar-refractivity contribution in [3.8, 4) is 5.75 Å². The highest BCUT2D eigenvalue weighted by Gasteiger charge is 2.49. The molecule has 1 aromatic carbocycles. The average Bonchev–Trinajstić information content (AvgIpc) is 2.96. The third-order valence-electron chi connectivity index (χ3n) is 4.79. The molecule has 5 heteroatoms. The van der Waals surface area contributed by atoms with Gasteiger partial charge in [-0.05, 0) is 49.3 Å². The summed E-state index contributed by atoms with van der Waals surface area (Å²) in [6.45, 7) is 2.31. The fourth-order valence-corrected chi connectivity index (χ4v) is 3.81. The van der Waals surface area contributed by atoms with Crippen LogP contribution in [0.3, 0.4) is 0 Å². The first-order valence-corrected chi connectivity index (χ1v) is 7.32. The third-order valence-corrected chi connectivity index (χ3v) is 4.79. The van der Waals surface area contributed by atoms with Gasteiger partial charge in [-0.15, -0.1) is 0 Å². The summed E-state index contributed by atoms with van der Waals surface area (Å²) < 4.78 is 0. The van der Waals surface area contributed by atoms with Gasteiger partial charge in [-0.25, -0.2) is 4.79 Å². The van der Waals surface area contributed by atoms with Gasteiger partial charge in [0.25, 0.3) is 5.91 Å². The average molecular weight is 289 g/mol. The number of phenols is 1. The van der Waals surface area contributed by atoms with Crippen LogP contribution in [-0.2, 0) is 4.79 Å². The Morgan fingerprint density at radius 3 is 2.71 bits per heavy atom. The fraction of sp³-hybridized carbons (Fsp3) is 0.500. The Bertz CT molecular complexity index is 598. The van der Waals surface area contributed by atoms with Crippen molar-refractivity contribution in [3.05, 3.63) is 29.3 Å². The lowest BCUT2D eigenvalue weighted by molar-refractivity contribution is -0.142. The van der Waals surface area contributed by atoms with Crippen LogP contribution in [0.25, 0.3) is 0 Å². The lowest BCUT2D eigenvalue weighted by Crippen LogP contribution is -2.43. The van der Waals surface area contributed by atoms with E-state index in [1.807, 2.05) is 6.92 Å². The van der Waals surface area contributed by atoms with Crippen molar-refractivity contribution in [2.75, 3.05) is 6.54 Å². The topological polar surface area (TPSA) is 77.8 Å². The molecule has 2 aliphatic rings. The van der Waals surface area contributed by atoms with Crippen molar-refractivity contribution in [2.45, 2.75) is 32.2 Å². The quantitative estimate of drug-likeness (QED) is 0.873. The SMILES string of the molecule is Cc1ccc(C(=O)N2C[C@@H]3CCC[C@@H]3[C@@H]2C(=O)O)c(O)c1. The number of aliphatic carboxylic acids is 1. The molecule has 21 heavy (non-hydrogen) atoms. The van der Waals surface area contributed by atoms with Crippen LogP contribution in [-0.4, -0.2) is 39.6 Å². The summed E-state index contributed by atoms with van der Waals surface area (Å²) in [4.78, 5) is 25.6. The molecule has 0 radical (unpaired) electrons. The van der Waals surface area contributed by atoms with Gasteiger partial charge in [0.1, 0.15) is 11.8 Å². The molecule has 1 heterocycles. The van der Waals surface area contributed by atoms with E-state index in [2.05, 4.69) is 0 Å². The first-order chi connectivity index (χ1) is 9.99. The fourth-order valence-electron chi connectivity index (χ4n) is 3.81. The summed E-state index contributed by atoms with van der Waals surface area (Å²) in [6.07, 6.45) is 2.89. The second kappa shape index (κ2) is 5.06. The number of rotatable bonds is 2. The van der Waals surface area contributed by atoms with Gasteiger partial charge >= 0.3 is 5.97 Å². The highest BCUT2D eigenvalue weighted by Crippen LogP contribution is 2.43. The number of amides is 1. The van der Waals surface area contributed by atoms with E-state index in [0.29, 0.717) is 6.54 Å². The number of carbonyl (C=O) groups excluding carboxylic acids is 1. The molecule has 0 unspecified atom stereocenters. The predicted octanol–water partition coefficient (Wildman–Crippen LogP) is 2.03. The van der Waals surface area contributed by atoms with E-state index in [-0.39, 0.29) is 29.1 Å². The Labute approximate surface area is 123 Å². The minimum atomic E-state index is -0.940. The number of fused-ring (bicyclic) bond motifs is 1. The maximum atomic E-state index is 12.6. The van der Waals surface area contributed by atoms with Gasteiger partial charge < -0.3 is 15.1 Å². The van der Waals surface area contributed by atoms with Gasteiger partial charge in [-0.2, -0.15) is 0 Å². The molecule has 2 N–H and O–H groups in total. The van der Waals surface area contributed by atoms with E-state index < -0.39 is 12.0 Å². The number of carboxylic acid groups (broad SMARTS) is 1. The van der Waals surface area contributed by atoms with Gasteiger partial charge in [0.15, 0.2) is 0 Å². The largest absolute Gasteiger partial charge is 0.507 e. The molecule has 1 saturated heterocycles. The lowest BCUT2D eigenvalue weighted by atomic mass is 9.94. The maximum absolute atomic E-state index is 12.6. The van der Waals surface area contributed by atoms with Crippen LogP contribution < -0.4 is 0 Å². The van der Waals surface area contributed by atoms with Crippen LogP contribution >= 0.6 is 0 Å². The molecule has 1 amide bonds. The number of likely N-dealkylation sites (tertiary alicyclic amines) is 1. The molecule has 3 atom stereocenters. The predicted molar refractivity (Wildman–Crippen MR) is 76.1 cm³/mol. The summed E-state index contributed by atoms with van der Waals surface area (Å²) in [5, 5.41) is 19.4. The number of phenolic OH excluding ortho intramolecular Hbond substituents is 1. The molecule has 2 fully saturated rings. The van der Waals surface area contributed by atoms with Crippen molar-refractivity contribution in [1.82, 2.24) is 4.90 Å². The van der Waals surface area contributed by atoms with Gasteiger partial charge in [0.2, 0.25) is 0 Å². The van der Waals surface area contributed by atoms with E-state index in [1.165, 1.54) is 11.0 Å². The first-order valence-electron chi connectivity index (χ1n) is 7.32. The van der Waals surface area contributed by atoms with Crippen molar-refractivity contribution < 1.29 is 19.8 Å². The van der Waals surface area contributed by atoms with E-state index in [9.17, 15) is 19.8 Å². The van der Waals surface area contributed by atoms with Gasteiger partial charge in [0, 0.05) is 6.54 Å². The monoisotopic (exact) mass is 289 g/mol. The number of carboxylic acids is 1. The first kappa shape index (κ1) is 13.9. The van der Waals surface area contributed by atoms with E-state index in [1.54, 1.807) is 12.1 Å². The minimum Gasteiger partial charge on any atom is -0.507 e. The standard InChI is InChI=1S/C16H19NO4/c1-9-5-6-12(13(18)7-9)15(19)17-8-10-3-2-4-11(10)14(17)16(20)21/h5-7,10-11,14,18H,2-4,8H2,1H3,(H,20,21)/t10-,11-,14+/m0/s1. The number of aryl methyl sites for hydroxylation is 1. The molecule has 1 aromatic rings. The molecule has 1 saturated carbocycles. The molecule has 1 aliphatic carbocycles. The normalized spacial score (nSPS) is 27.7. The Balaban J connectivity index is 1.91. The number of nitrogens with zero attached hydrogens (tertiary/aromatic N) is 1. The zero-order chi connectivity index (χ0) is 15.1. The number of aromatic hydroxyl groups is 1. The van der Waals surface area contributed by atoms with Gasteiger partial charge in [-0.3, -0.25) is 4.79 Å². The van der Waals surface area contributed by atoms with E-state index >= 15 is 0 Å². The molecule has 5 nitrogen and oxygen atoms in total. The van der Waals surface area contributed by atoms with Crippen LogP contribution in [0.2, 0.25) is 0 Å². The number of benzene rings is 1. The molecule has 112 valence electrons. The minimum absolute atomic E-state index is 0.0547. The van der Waals surface area contributed by atoms with Crippen LogP contribution in [0.1, 0.15) is 35.2 Å². The smallest absolute Gasteiger partial charge is 0.326 e. The maximum Gasteiger partial charge on any atom is 0.326 e. The van der Waals surface area contributed by atoms with Crippen LogP contribution in [0.15, 0.2) is 18.2 Å². The van der Waals surface area contributed by atoms with Crippen LogP contribution in [0.4, 0.5) is 0 Å². The highest BCUT2D eigenvalue weighted by molar-refractivity contribution is 5.99. The molecular weight excluding hydrogens is 270 g/mol. The second-order valence-electron chi connectivity index (χ2n) is 6.12. The second-order valence-corrected chi connectivity index (χ2v) is 6.12. The molecule has 0 aromatic heterocycles. The van der Waals surface area contributed by atoms with E-state index in [4.69, 9.17) is 0 Å². The number of hydrogen-bond acceptors (Lipinski definition) is 3. The molecule has 0 bridgehead atoms. The number of carbonyl (C=O) groups is 2. The lowest BCUT2D eigenvalue weighted by Gasteiger charge is -2.24. The molecular formula is C16H19NO4. The summed E-state index contributed by atoms with van der Waals surface area (Å²) >= 11 is 0. The third kappa shape index (κ3) is 2.26. The summed E-state index contributed by atoms with van der Waals surface area (Å²) in [5.41, 5.74) is 1.05. The van der Waals surface area contributed by atoms with Crippen LogP contribution in [0.5, 0.6) is 5.75 Å². The van der Waals surface area contributed by atoms with Gasteiger partial charge in [0.05, 0.1) is 5.56 Å². The van der Waals surface area contributed by atoms with E-state index in [0.717, 1.165) is 24.8 Å². The zero-order valence-corrected chi connectivity index (χ0v) is 12.0. The Kier molecular flexibility index (Phi) is 3.35. The Morgan fingerprint density at radius 2 is 2.05 bits per heavy atom. The zero-order valence-electron chi connectivity index (χ0n) is 12.0. The van der Waals surface area contributed by atoms with Crippen molar-refractivity contribution >= 4 is 11.9 Å².